The molecule has 0 fully saturated rings. The highest BCUT2D eigenvalue weighted by Crippen LogP contribution is 2.27. The first-order valence-electron chi connectivity index (χ1n) is 10.2. The number of carbonyl (C=O) groups is 2. The Balaban J connectivity index is 1.81. The van der Waals surface area contributed by atoms with Gasteiger partial charge >= 0.3 is 0 Å². The number of carbonyl (C=O) groups excluding carboxylic acids is 2. The van der Waals surface area contributed by atoms with Crippen LogP contribution in [-0.4, -0.2) is 30.1 Å². The van der Waals surface area contributed by atoms with E-state index in [1.54, 1.807) is 24.3 Å². The number of hydrogen-bond donors (Lipinski definition) is 3. The molecule has 0 heterocycles. The van der Waals surface area contributed by atoms with Crippen molar-refractivity contribution in [1.82, 2.24) is 16.2 Å². The second-order valence-electron chi connectivity index (χ2n) is 7.32. The average molecular weight is 444 g/mol. The molecule has 8 heteroatoms. The zero-order valence-electron chi connectivity index (χ0n) is 18.3. The highest BCUT2D eigenvalue weighted by Gasteiger charge is 2.12. The first-order chi connectivity index (χ1) is 14.8. The standard InChI is InChI=1S/C23H29N3O4S/c1-5-11-29-18-8-6-7-17(13-18)22(28)24-23(31)26-25-21(27)14-30-20-12-16(4)9-10-19(20)15(2)3/h6-10,12-13,15H,5,11,14H2,1-4H3,(H,25,27)(H2,24,26,28,31). The van der Waals surface area contributed by atoms with Gasteiger partial charge in [0.25, 0.3) is 11.8 Å². The van der Waals surface area contributed by atoms with Crippen LogP contribution in [-0.2, 0) is 4.79 Å². The Hall–Kier alpha value is -3.13. The molecule has 2 rings (SSSR count). The number of thiocarbonyl (C=S) groups is 1. The average Bonchev–Trinajstić information content (AvgIpc) is 2.74. The van der Waals surface area contributed by atoms with Gasteiger partial charge in [0.2, 0.25) is 0 Å². The smallest absolute Gasteiger partial charge is 0.276 e. The van der Waals surface area contributed by atoms with Crippen molar-refractivity contribution in [2.24, 2.45) is 0 Å². The minimum Gasteiger partial charge on any atom is -0.494 e. The Morgan fingerprint density at radius 1 is 1.06 bits per heavy atom. The van der Waals surface area contributed by atoms with Crippen LogP contribution in [0, 0.1) is 6.92 Å². The van der Waals surface area contributed by atoms with Crippen LogP contribution < -0.4 is 25.6 Å². The van der Waals surface area contributed by atoms with E-state index in [9.17, 15) is 9.59 Å². The lowest BCUT2D eigenvalue weighted by atomic mass is 10.0. The summed E-state index contributed by atoms with van der Waals surface area (Å²) in [5.74, 6) is 0.710. The van der Waals surface area contributed by atoms with Gasteiger partial charge in [0.05, 0.1) is 6.61 Å². The van der Waals surface area contributed by atoms with Crippen LogP contribution in [0.3, 0.4) is 0 Å². The largest absolute Gasteiger partial charge is 0.494 e. The molecule has 166 valence electrons. The summed E-state index contributed by atoms with van der Waals surface area (Å²) < 4.78 is 11.2. The van der Waals surface area contributed by atoms with Crippen molar-refractivity contribution in [3.05, 3.63) is 59.2 Å². The Morgan fingerprint density at radius 2 is 1.84 bits per heavy atom. The number of rotatable bonds is 8. The molecule has 0 saturated carbocycles. The first kappa shape index (κ1) is 24.1. The normalized spacial score (nSPS) is 10.4. The summed E-state index contributed by atoms with van der Waals surface area (Å²) in [6.07, 6.45) is 0.872. The lowest BCUT2D eigenvalue weighted by molar-refractivity contribution is -0.123. The molecule has 0 bridgehead atoms. The van der Waals surface area contributed by atoms with E-state index < -0.39 is 11.8 Å². The van der Waals surface area contributed by atoms with Crippen molar-refractivity contribution in [3.8, 4) is 11.5 Å². The number of hydrazine groups is 1. The van der Waals surface area contributed by atoms with Crippen molar-refractivity contribution >= 4 is 29.1 Å². The third kappa shape index (κ3) is 7.90. The van der Waals surface area contributed by atoms with Crippen LogP contribution in [0.15, 0.2) is 42.5 Å². The molecule has 0 atom stereocenters. The Bertz CT molecular complexity index is 931. The molecular formula is C23H29N3O4S. The second kappa shape index (κ2) is 11.9. The van der Waals surface area contributed by atoms with Gasteiger partial charge in [-0.15, -0.1) is 0 Å². The third-order valence-electron chi connectivity index (χ3n) is 4.26. The number of hydrogen-bond acceptors (Lipinski definition) is 5. The van der Waals surface area contributed by atoms with Gasteiger partial charge in [-0.05, 0) is 66.9 Å². The summed E-state index contributed by atoms with van der Waals surface area (Å²) in [7, 11) is 0. The van der Waals surface area contributed by atoms with Crippen LogP contribution >= 0.6 is 12.2 Å². The van der Waals surface area contributed by atoms with Crippen LogP contribution in [0.5, 0.6) is 11.5 Å². The van der Waals surface area contributed by atoms with Gasteiger partial charge in [0.15, 0.2) is 11.7 Å². The van der Waals surface area contributed by atoms with Gasteiger partial charge < -0.3 is 9.47 Å². The number of benzene rings is 2. The number of nitrogens with one attached hydrogen (secondary N) is 3. The van der Waals surface area contributed by atoms with Gasteiger partial charge in [0, 0.05) is 5.56 Å². The molecule has 0 unspecified atom stereocenters. The lowest BCUT2D eigenvalue weighted by Gasteiger charge is -2.15. The van der Waals surface area contributed by atoms with E-state index in [0.29, 0.717) is 23.7 Å². The fraction of sp³-hybridized carbons (Fsp3) is 0.348. The molecule has 3 N–H and O–H groups in total. The van der Waals surface area contributed by atoms with Crippen molar-refractivity contribution in [2.45, 2.75) is 40.0 Å². The lowest BCUT2D eigenvalue weighted by Crippen LogP contribution is -2.49. The van der Waals surface area contributed by atoms with E-state index in [2.05, 4.69) is 30.0 Å². The van der Waals surface area contributed by atoms with E-state index >= 15 is 0 Å². The molecule has 0 aromatic heterocycles. The topological polar surface area (TPSA) is 88.7 Å². The number of ether oxygens (including phenoxy) is 2. The van der Waals surface area contributed by atoms with Gasteiger partial charge in [-0.1, -0.05) is 39.0 Å². The molecule has 0 saturated heterocycles. The maximum absolute atomic E-state index is 12.3. The summed E-state index contributed by atoms with van der Waals surface area (Å²) in [5, 5.41) is 2.48. The SMILES string of the molecule is CCCOc1cccc(C(=O)NC(=S)NNC(=O)COc2cc(C)ccc2C(C)C)c1. The van der Waals surface area contributed by atoms with Crippen molar-refractivity contribution in [3.63, 3.8) is 0 Å². The van der Waals surface area contributed by atoms with Crippen LogP contribution in [0.4, 0.5) is 0 Å². The molecule has 0 radical (unpaired) electrons. The summed E-state index contributed by atoms with van der Waals surface area (Å²) in [4.78, 5) is 24.4. The predicted molar refractivity (Wildman–Crippen MR) is 124 cm³/mol. The second-order valence-corrected chi connectivity index (χ2v) is 7.73. The monoisotopic (exact) mass is 443 g/mol. The highest BCUT2D eigenvalue weighted by atomic mass is 32.1. The quantitative estimate of drug-likeness (QED) is 0.427. The summed E-state index contributed by atoms with van der Waals surface area (Å²) in [5.41, 5.74) is 7.39. The third-order valence-corrected chi connectivity index (χ3v) is 4.47. The molecular weight excluding hydrogens is 414 g/mol. The molecule has 2 aromatic rings. The van der Waals surface area contributed by atoms with Gasteiger partial charge in [-0.2, -0.15) is 0 Å². The number of amides is 2. The molecule has 7 nitrogen and oxygen atoms in total. The molecule has 0 spiro atoms. The Labute approximate surface area is 188 Å². The van der Waals surface area contributed by atoms with Crippen LogP contribution in [0.2, 0.25) is 0 Å². The molecule has 0 aliphatic rings. The van der Waals surface area contributed by atoms with Crippen molar-refractivity contribution in [2.75, 3.05) is 13.2 Å². The van der Waals surface area contributed by atoms with E-state index in [-0.39, 0.29) is 17.6 Å². The first-order valence-corrected chi connectivity index (χ1v) is 10.6. The summed E-state index contributed by atoms with van der Waals surface area (Å²) in [6, 6.07) is 12.7. The van der Waals surface area contributed by atoms with E-state index in [0.717, 1.165) is 17.5 Å². The van der Waals surface area contributed by atoms with E-state index in [1.807, 2.05) is 32.0 Å². The predicted octanol–water partition coefficient (Wildman–Crippen LogP) is 3.62. The molecule has 2 amide bonds. The molecule has 31 heavy (non-hydrogen) atoms. The highest BCUT2D eigenvalue weighted by molar-refractivity contribution is 7.80. The molecule has 0 aliphatic heterocycles. The van der Waals surface area contributed by atoms with E-state index in [1.165, 1.54) is 0 Å². The maximum atomic E-state index is 12.3. The fourth-order valence-corrected chi connectivity index (χ4v) is 2.85. The zero-order chi connectivity index (χ0) is 22.8. The minimum atomic E-state index is -0.428. The van der Waals surface area contributed by atoms with Crippen LogP contribution in [0.1, 0.15) is 54.6 Å². The molecule has 2 aromatic carbocycles. The zero-order valence-corrected chi connectivity index (χ0v) is 19.1. The van der Waals surface area contributed by atoms with Crippen LogP contribution in [0.25, 0.3) is 0 Å². The van der Waals surface area contributed by atoms with Crippen molar-refractivity contribution in [1.29, 1.82) is 0 Å². The van der Waals surface area contributed by atoms with E-state index in [4.69, 9.17) is 21.7 Å². The maximum Gasteiger partial charge on any atom is 0.276 e. The van der Waals surface area contributed by atoms with Gasteiger partial charge in [-0.3, -0.25) is 25.8 Å². The van der Waals surface area contributed by atoms with Gasteiger partial charge in [-0.25, -0.2) is 0 Å². The Kier molecular flexibility index (Phi) is 9.27. The van der Waals surface area contributed by atoms with Gasteiger partial charge in [0.1, 0.15) is 11.5 Å². The fourth-order valence-electron chi connectivity index (χ4n) is 2.70. The van der Waals surface area contributed by atoms with Crippen molar-refractivity contribution < 1.29 is 19.1 Å². The molecule has 0 aliphatic carbocycles. The summed E-state index contributed by atoms with van der Waals surface area (Å²) >= 11 is 5.07. The summed E-state index contributed by atoms with van der Waals surface area (Å²) in [6.45, 7) is 8.47. The Morgan fingerprint density at radius 3 is 2.55 bits per heavy atom. The minimum absolute atomic E-state index is 0.0309. The number of aryl methyl sites for hydroxylation is 1.